The summed E-state index contributed by atoms with van der Waals surface area (Å²) in [6.07, 6.45) is 42.7. The summed E-state index contributed by atoms with van der Waals surface area (Å²) in [6, 6.07) is 0. The minimum atomic E-state index is -0.484. The number of aliphatic hydroxyl groups excluding tert-OH is 2. The summed E-state index contributed by atoms with van der Waals surface area (Å²) in [6.45, 7) is 23.1. The van der Waals surface area contributed by atoms with E-state index in [0.29, 0.717) is 64.6 Å². The topological polar surface area (TPSA) is 155 Å². The zero-order valence-electron chi connectivity index (χ0n) is 57.3. The van der Waals surface area contributed by atoms with Crippen molar-refractivity contribution in [3.05, 3.63) is 34.9 Å². The van der Waals surface area contributed by atoms with Gasteiger partial charge in [0.25, 0.3) is 0 Å². The summed E-state index contributed by atoms with van der Waals surface area (Å²) < 4.78 is 5.86. The molecule has 13 fully saturated rings. The molecule has 16 rings (SSSR count). The van der Waals surface area contributed by atoms with Crippen molar-refractivity contribution in [2.24, 2.45) is 120 Å². The highest BCUT2D eigenvalue weighted by Crippen LogP contribution is 2.71. The van der Waals surface area contributed by atoms with Gasteiger partial charge in [0, 0.05) is 43.9 Å². The maximum Gasteiger partial charge on any atom is 0.305 e. The first kappa shape index (κ1) is 64.9. The first-order valence-electron chi connectivity index (χ1n) is 37.6. The Bertz CT molecular complexity index is 2890. The van der Waals surface area contributed by atoms with Crippen molar-refractivity contribution in [2.45, 2.75) is 311 Å². The summed E-state index contributed by atoms with van der Waals surface area (Å²) in [4.78, 5) is 59.3. The molecule has 9 heteroatoms. The van der Waals surface area contributed by atoms with Gasteiger partial charge >= 0.3 is 5.97 Å². The van der Waals surface area contributed by atoms with Crippen LogP contribution in [0.4, 0.5) is 0 Å². The highest BCUT2D eigenvalue weighted by Gasteiger charge is 2.65. The van der Waals surface area contributed by atoms with E-state index in [4.69, 9.17) is 4.74 Å². The molecule has 0 aromatic rings. The highest BCUT2D eigenvalue weighted by atomic mass is 16.5. The van der Waals surface area contributed by atoms with Crippen molar-refractivity contribution < 1.29 is 44.0 Å². The molecule has 9 nitrogen and oxygen atoms in total. The molecule has 3 N–H and O–H groups in total. The van der Waals surface area contributed by atoms with Gasteiger partial charge in [-0.3, -0.25) is 24.0 Å². The van der Waals surface area contributed by atoms with Gasteiger partial charge in [0.05, 0.1) is 17.8 Å². The summed E-state index contributed by atoms with van der Waals surface area (Å²) in [5.41, 5.74) is 5.63. The Morgan fingerprint density at radius 2 is 0.820 bits per heavy atom. The second-order valence-corrected chi connectivity index (χ2v) is 36.3. The van der Waals surface area contributed by atoms with Crippen molar-refractivity contribution >= 4 is 29.1 Å². The van der Waals surface area contributed by atoms with Crippen molar-refractivity contribution in [3.63, 3.8) is 0 Å². The quantitative estimate of drug-likeness (QED) is 0.229. The van der Waals surface area contributed by atoms with Crippen LogP contribution in [-0.4, -0.2) is 68.3 Å². The first-order chi connectivity index (χ1) is 42.1. The van der Waals surface area contributed by atoms with Gasteiger partial charge in [0.2, 0.25) is 0 Å². The van der Waals surface area contributed by atoms with E-state index >= 15 is 0 Å². The van der Waals surface area contributed by atoms with Gasteiger partial charge < -0.3 is 20.1 Å². The molecule has 0 amide bonds. The zero-order valence-corrected chi connectivity index (χ0v) is 57.3. The summed E-state index contributed by atoms with van der Waals surface area (Å²) in [7, 11) is 0. The lowest BCUT2D eigenvalue weighted by molar-refractivity contribution is -0.159. The largest absolute Gasteiger partial charge is 0.462 e. The SMILES string of the molecule is CCC(=O)O[C@H]1CC[C@H]2[C@@H]3CCC4=CC(=O)CC[C@]4(C)[C@H]3CC[C@]12C.C[C@]12CCC(=O)C=C1CC[C@@H]1[C@@H]2CC[C@@]2(C)[C@H]1CC[C@]2(C)O.C[C@]12CCC(=O)C[C@@H]1CC[C@@H]1[C@@H]2CC[C@]2(C)[C@@H](O)CC[C@@H]12.C[C@]12CC[C@H]3[C@@H](CCC4=CC(=O)CC[C@@]43C)[C@@H]1CC[C@@H]2O. The number of carbonyl (C=O) groups is 5. The van der Waals surface area contributed by atoms with Crippen LogP contribution in [0.5, 0.6) is 0 Å². The Morgan fingerprint density at radius 1 is 0.416 bits per heavy atom. The predicted octanol–water partition coefficient (Wildman–Crippen LogP) is 16.9. The lowest BCUT2D eigenvalue weighted by Gasteiger charge is -2.60. The summed E-state index contributed by atoms with van der Waals surface area (Å²) in [5.74, 6) is 11.0. The fourth-order valence-electron chi connectivity index (χ4n) is 27.3. The third-order valence-corrected chi connectivity index (χ3v) is 33.3. The summed E-state index contributed by atoms with van der Waals surface area (Å²) >= 11 is 0. The van der Waals surface area contributed by atoms with E-state index in [0.717, 1.165) is 163 Å². The molecule has 0 radical (unpaired) electrons. The van der Waals surface area contributed by atoms with E-state index in [2.05, 4.69) is 62.3 Å². The molecule has 25 atom stereocenters. The third-order valence-electron chi connectivity index (χ3n) is 33.3. The number of esters is 1. The molecule has 0 spiro atoms. The molecular weight excluding hydrogens is 1100 g/mol. The number of hydrogen-bond donors (Lipinski definition) is 3. The average Bonchev–Trinajstić information content (AvgIpc) is 1.72. The molecule has 0 bridgehead atoms. The van der Waals surface area contributed by atoms with Gasteiger partial charge in [-0.15, -0.1) is 0 Å². The number of hydrogen-bond acceptors (Lipinski definition) is 9. The Balaban J connectivity index is 0.000000109. The van der Waals surface area contributed by atoms with Gasteiger partial charge in [-0.05, 0) is 320 Å². The molecule has 16 aliphatic carbocycles. The van der Waals surface area contributed by atoms with E-state index in [1.165, 1.54) is 113 Å². The standard InChI is InChI=1S/C22H32O3.C20H30O2.C19H30O2.C19H28O2/c1-4-20(24)25-19-8-7-17-16-6-5-14-13-15(23)9-11-21(14,2)18(16)10-12-22(17,19)3;1-18-9-6-14(21)12-13(18)4-5-15-16(18)7-10-19(2)17(15)8-11-20(19,3)22;2*1-18-9-7-13(20)11-12(18)3-4-14-15-5-6-17(21)19(15,2)10-8-16(14)18/h13,16-19H,4-12H2,1-3H3;12,15-17,22H,4-11H2,1-3H3;12,14-17,21H,3-11H2,1-2H3;11,14-17,21H,3-10H2,1-2H3/t16-,17-,18-,19-,21-,22-;15-,16+,17+,18+,19+,20+;12-,14-,15-,16-,17-,18-,19-;14-,15-,16-,17-,18-,19-/m0100/s1. The van der Waals surface area contributed by atoms with Gasteiger partial charge in [-0.1, -0.05) is 79.0 Å². The predicted molar refractivity (Wildman–Crippen MR) is 350 cm³/mol. The Morgan fingerprint density at radius 3 is 1.31 bits per heavy atom. The molecule has 494 valence electrons. The molecule has 0 aromatic carbocycles. The van der Waals surface area contributed by atoms with E-state index in [1.807, 2.05) is 25.2 Å². The van der Waals surface area contributed by atoms with Crippen LogP contribution in [0, 0.1) is 120 Å². The lowest BCUT2D eigenvalue weighted by atomic mass is 9.45. The van der Waals surface area contributed by atoms with E-state index < -0.39 is 5.60 Å². The number of rotatable bonds is 2. The molecule has 0 heterocycles. The molecular formula is C80H120O9. The molecule has 16 aliphatic rings. The van der Waals surface area contributed by atoms with Crippen molar-refractivity contribution in [3.8, 4) is 0 Å². The van der Waals surface area contributed by atoms with E-state index in [1.54, 1.807) is 0 Å². The number of allylic oxidation sites excluding steroid dienone is 3. The Kier molecular flexibility index (Phi) is 17.0. The molecule has 0 aliphatic heterocycles. The monoisotopic (exact) mass is 1220 g/mol. The molecule has 0 unspecified atom stereocenters. The average molecular weight is 1230 g/mol. The third kappa shape index (κ3) is 10.3. The van der Waals surface area contributed by atoms with Gasteiger partial charge in [-0.25, -0.2) is 0 Å². The maximum atomic E-state index is 11.9. The van der Waals surface area contributed by atoms with E-state index in [-0.39, 0.29) is 62.2 Å². The minimum Gasteiger partial charge on any atom is -0.462 e. The van der Waals surface area contributed by atoms with Crippen LogP contribution in [0.15, 0.2) is 34.9 Å². The number of Topliss-reactive ketones (excluding diaryl/α,β-unsaturated/α-hetero) is 1. The molecule has 0 saturated heterocycles. The van der Waals surface area contributed by atoms with Crippen LogP contribution in [0.1, 0.15) is 288 Å². The smallest absolute Gasteiger partial charge is 0.305 e. The van der Waals surface area contributed by atoms with Crippen LogP contribution in [0.25, 0.3) is 0 Å². The van der Waals surface area contributed by atoms with Crippen molar-refractivity contribution in [1.29, 1.82) is 0 Å². The lowest BCUT2D eigenvalue weighted by Crippen LogP contribution is -2.54. The van der Waals surface area contributed by atoms with Crippen LogP contribution in [0.3, 0.4) is 0 Å². The number of ketones is 4. The first-order valence-corrected chi connectivity index (χ1v) is 37.6. The second-order valence-electron chi connectivity index (χ2n) is 36.3. The Hall–Kier alpha value is -2.75. The van der Waals surface area contributed by atoms with Crippen LogP contribution in [-0.2, 0) is 28.7 Å². The summed E-state index contributed by atoms with van der Waals surface area (Å²) in [5, 5.41) is 31.8. The van der Waals surface area contributed by atoms with Crippen molar-refractivity contribution in [1.82, 2.24) is 0 Å². The van der Waals surface area contributed by atoms with Gasteiger partial charge in [0.1, 0.15) is 11.9 Å². The number of ether oxygens (including phenoxy) is 1. The Labute approximate surface area is 537 Å². The van der Waals surface area contributed by atoms with Crippen molar-refractivity contribution in [2.75, 3.05) is 0 Å². The molecule has 89 heavy (non-hydrogen) atoms. The maximum absolute atomic E-state index is 11.9. The molecule has 13 saturated carbocycles. The number of fused-ring (bicyclic) bond motifs is 20. The van der Waals surface area contributed by atoms with Crippen LogP contribution >= 0.6 is 0 Å². The number of aliphatic hydroxyl groups is 3. The second kappa shape index (κ2) is 23.3. The fourth-order valence-corrected chi connectivity index (χ4v) is 27.3. The minimum absolute atomic E-state index is 0.0411. The van der Waals surface area contributed by atoms with Gasteiger partial charge in [0.15, 0.2) is 17.3 Å². The zero-order chi connectivity index (χ0) is 63.2. The van der Waals surface area contributed by atoms with E-state index in [9.17, 15) is 39.3 Å². The van der Waals surface area contributed by atoms with Crippen LogP contribution < -0.4 is 0 Å². The highest BCUT2D eigenvalue weighted by molar-refractivity contribution is 5.92. The van der Waals surface area contributed by atoms with Crippen LogP contribution in [0.2, 0.25) is 0 Å². The molecule has 0 aromatic heterocycles. The van der Waals surface area contributed by atoms with Gasteiger partial charge in [-0.2, -0.15) is 0 Å². The normalized spacial score (nSPS) is 52.1. The number of carbonyl (C=O) groups excluding carboxylic acids is 5. The fraction of sp³-hybridized carbons (Fsp3) is 0.863.